The molecule has 0 radical (unpaired) electrons. The summed E-state index contributed by atoms with van der Waals surface area (Å²) >= 11 is 1.56. The van der Waals surface area contributed by atoms with E-state index in [9.17, 15) is 13.2 Å². The summed E-state index contributed by atoms with van der Waals surface area (Å²) in [4.78, 5) is 14.0. The monoisotopic (exact) mass is 468 g/mol. The highest BCUT2D eigenvalue weighted by Crippen LogP contribution is 2.26. The lowest BCUT2D eigenvalue weighted by atomic mass is 10.0. The number of amides is 1. The maximum Gasteiger partial charge on any atom is 0.264 e. The molecule has 0 spiro atoms. The Morgan fingerprint density at radius 1 is 0.938 bits per heavy atom. The molecule has 5 nitrogen and oxygen atoms in total. The van der Waals surface area contributed by atoms with Crippen LogP contribution in [0.3, 0.4) is 0 Å². The lowest BCUT2D eigenvalue weighted by Crippen LogP contribution is -2.31. The van der Waals surface area contributed by atoms with E-state index in [1.807, 2.05) is 43.5 Å². The third-order valence-corrected chi connectivity index (χ3v) is 7.93. The fraction of sp³-hybridized carbons (Fsp3) is 0.240. The maximum atomic E-state index is 13.2. The number of benzene rings is 3. The lowest BCUT2D eigenvalue weighted by molar-refractivity contribution is 0.0935. The van der Waals surface area contributed by atoms with Gasteiger partial charge in [0.15, 0.2) is 0 Å². The molecule has 7 heteroatoms. The Hall–Kier alpha value is -2.77. The second kappa shape index (κ2) is 10.7. The molecule has 0 aliphatic carbocycles. The van der Waals surface area contributed by atoms with E-state index in [2.05, 4.69) is 5.32 Å². The SMILES string of the molecule is CC[C@@H](NC(=O)c1ccc(N(CC)S(=O)(=O)c2ccc(SC)cc2)cc1)c1ccccc1. The van der Waals surface area contributed by atoms with Gasteiger partial charge in [0.05, 0.1) is 16.6 Å². The molecular formula is C25H28N2O3S2. The second-order valence-corrected chi connectivity index (χ2v) is 9.98. The molecule has 0 bridgehead atoms. The third-order valence-electron chi connectivity index (χ3n) is 5.27. The Kier molecular flexibility index (Phi) is 7.99. The van der Waals surface area contributed by atoms with Crippen LogP contribution in [0.1, 0.15) is 42.2 Å². The first kappa shape index (κ1) is 23.9. The number of sulfonamides is 1. The van der Waals surface area contributed by atoms with Gasteiger partial charge in [-0.05, 0) is 73.7 Å². The quantitative estimate of drug-likeness (QED) is 0.421. The minimum atomic E-state index is -3.70. The van der Waals surface area contributed by atoms with Gasteiger partial charge in [-0.2, -0.15) is 0 Å². The van der Waals surface area contributed by atoms with Crippen LogP contribution in [0.2, 0.25) is 0 Å². The summed E-state index contributed by atoms with van der Waals surface area (Å²) in [6, 6.07) is 23.3. The highest BCUT2D eigenvalue weighted by molar-refractivity contribution is 7.98. The van der Waals surface area contributed by atoms with Crippen molar-refractivity contribution < 1.29 is 13.2 Å². The third kappa shape index (κ3) is 5.34. The summed E-state index contributed by atoms with van der Waals surface area (Å²) in [5.74, 6) is -0.189. The molecule has 0 aliphatic heterocycles. The van der Waals surface area contributed by atoms with Crippen LogP contribution >= 0.6 is 11.8 Å². The number of carbonyl (C=O) groups excluding carboxylic acids is 1. The average molecular weight is 469 g/mol. The van der Waals surface area contributed by atoms with Crippen molar-refractivity contribution in [1.82, 2.24) is 5.32 Å². The van der Waals surface area contributed by atoms with Gasteiger partial charge in [-0.1, -0.05) is 37.3 Å². The van der Waals surface area contributed by atoms with Crippen LogP contribution in [-0.2, 0) is 10.0 Å². The first-order valence-corrected chi connectivity index (χ1v) is 13.2. The van der Waals surface area contributed by atoms with Gasteiger partial charge in [0.2, 0.25) is 0 Å². The van der Waals surface area contributed by atoms with E-state index < -0.39 is 10.0 Å². The number of anilines is 1. The predicted molar refractivity (Wildman–Crippen MR) is 132 cm³/mol. The van der Waals surface area contributed by atoms with Gasteiger partial charge in [-0.15, -0.1) is 11.8 Å². The van der Waals surface area contributed by atoms with Crippen molar-refractivity contribution in [2.45, 2.75) is 36.1 Å². The van der Waals surface area contributed by atoms with E-state index in [0.29, 0.717) is 11.3 Å². The van der Waals surface area contributed by atoms with Gasteiger partial charge in [0, 0.05) is 17.0 Å². The first-order valence-electron chi connectivity index (χ1n) is 10.5. The predicted octanol–water partition coefficient (Wildman–Crippen LogP) is 5.50. The molecule has 1 N–H and O–H groups in total. The molecule has 0 fully saturated rings. The van der Waals surface area contributed by atoms with E-state index in [4.69, 9.17) is 0 Å². The molecule has 0 saturated heterocycles. The van der Waals surface area contributed by atoms with Crippen LogP contribution in [-0.4, -0.2) is 27.1 Å². The lowest BCUT2D eigenvalue weighted by Gasteiger charge is -2.23. The van der Waals surface area contributed by atoms with Crippen molar-refractivity contribution >= 4 is 33.4 Å². The summed E-state index contributed by atoms with van der Waals surface area (Å²) in [5.41, 5.74) is 2.06. The van der Waals surface area contributed by atoms with Crippen molar-refractivity contribution in [3.05, 3.63) is 90.0 Å². The Balaban J connectivity index is 1.78. The van der Waals surface area contributed by atoms with E-state index >= 15 is 0 Å². The van der Waals surface area contributed by atoms with Gasteiger partial charge in [0.1, 0.15) is 0 Å². The summed E-state index contributed by atoms with van der Waals surface area (Å²) < 4.78 is 27.7. The van der Waals surface area contributed by atoms with Gasteiger partial charge >= 0.3 is 0 Å². The Morgan fingerprint density at radius 2 is 1.56 bits per heavy atom. The number of rotatable bonds is 9. The van der Waals surface area contributed by atoms with Crippen LogP contribution in [0.25, 0.3) is 0 Å². The smallest absolute Gasteiger partial charge is 0.264 e. The summed E-state index contributed by atoms with van der Waals surface area (Å²) in [7, 11) is -3.70. The molecule has 3 aromatic rings. The summed E-state index contributed by atoms with van der Waals surface area (Å²) in [5, 5.41) is 3.06. The largest absolute Gasteiger partial charge is 0.345 e. The van der Waals surface area contributed by atoms with Gasteiger partial charge < -0.3 is 5.32 Å². The van der Waals surface area contributed by atoms with Gasteiger partial charge in [-0.3, -0.25) is 9.10 Å². The van der Waals surface area contributed by atoms with Crippen LogP contribution < -0.4 is 9.62 Å². The molecule has 168 valence electrons. The zero-order valence-electron chi connectivity index (χ0n) is 18.5. The molecule has 3 rings (SSSR count). The molecule has 0 aliphatic rings. The van der Waals surface area contributed by atoms with Crippen molar-refractivity contribution in [3.63, 3.8) is 0 Å². The van der Waals surface area contributed by atoms with E-state index in [1.54, 1.807) is 67.2 Å². The standard InChI is InChI=1S/C25H28N2O3S2/c1-4-24(19-9-7-6-8-10-19)26-25(28)20-11-13-21(14-12-20)27(5-2)32(29,30)23-17-15-22(31-3)16-18-23/h6-18,24H,4-5H2,1-3H3,(H,26,28)/t24-/m1/s1. The highest BCUT2D eigenvalue weighted by atomic mass is 32.2. The van der Waals surface area contributed by atoms with Crippen LogP contribution in [0.15, 0.2) is 88.7 Å². The van der Waals surface area contributed by atoms with Gasteiger partial charge in [-0.25, -0.2) is 8.42 Å². The molecule has 0 saturated carbocycles. The minimum absolute atomic E-state index is 0.0832. The molecule has 32 heavy (non-hydrogen) atoms. The molecule has 1 amide bonds. The topological polar surface area (TPSA) is 66.5 Å². The van der Waals surface area contributed by atoms with E-state index in [-0.39, 0.29) is 23.4 Å². The molecular weight excluding hydrogens is 440 g/mol. The van der Waals surface area contributed by atoms with Crippen molar-refractivity contribution in [2.24, 2.45) is 0 Å². The molecule has 0 aromatic heterocycles. The molecule has 3 aromatic carbocycles. The van der Waals surface area contributed by atoms with Crippen molar-refractivity contribution in [1.29, 1.82) is 0 Å². The number of hydrogen-bond acceptors (Lipinski definition) is 4. The number of nitrogens with one attached hydrogen (secondary N) is 1. The highest BCUT2D eigenvalue weighted by Gasteiger charge is 2.24. The maximum absolute atomic E-state index is 13.2. The van der Waals surface area contributed by atoms with Crippen LogP contribution in [0, 0.1) is 0 Å². The summed E-state index contributed by atoms with van der Waals surface area (Å²) in [6.45, 7) is 4.10. The fourth-order valence-corrected chi connectivity index (χ4v) is 5.38. The number of carbonyl (C=O) groups is 1. The van der Waals surface area contributed by atoms with Crippen LogP contribution in [0.4, 0.5) is 5.69 Å². The number of thioether (sulfide) groups is 1. The molecule has 1 atom stereocenters. The Labute approximate surface area is 194 Å². The molecule has 0 unspecified atom stereocenters. The Bertz CT molecular complexity index is 1130. The van der Waals surface area contributed by atoms with Crippen molar-refractivity contribution in [2.75, 3.05) is 17.1 Å². The van der Waals surface area contributed by atoms with Crippen molar-refractivity contribution in [3.8, 4) is 0 Å². The number of hydrogen-bond donors (Lipinski definition) is 1. The zero-order valence-corrected chi connectivity index (χ0v) is 20.1. The van der Waals surface area contributed by atoms with E-state index in [0.717, 1.165) is 16.9 Å². The van der Waals surface area contributed by atoms with Crippen LogP contribution in [0.5, 0.6) is 0 Å². The van der Waals surface area contributed by atoms with E-state index in [1.165, 1.54) is 4.31 Å². The second-order valence-electron chi connectivity index (χ2n) is 7.24. The van der Waals surface area contributed by atoms with Gasteiger partial charge in [0.25, 0.3) is 15.9 Å². The molecule has 0 heterocycles. The Morgan fingerprint density at radius 3 is 2.09 bits per heavy atom. The average Bonchev–Trinajstić information content (AvgIpc) is 2.83. The fourth-order valence-electron chi connectivity index (χ4n) is 3.49. The normalized spacial score (nSPS) is 12.2. The minimum Gasteiger partial charge on any atom is -0.345 e. The summed E-state index contributed by atoms with van der Waals surface area (Å²) in [6.07, 6.45) is 2.72. The first-order chi connectivity index (χ1) is 15.4. The number of nitrogens with zero attached hydrogens (tertiary/aromatic N) is 1. The zero-order chi connectivity index (χ0) is 23.1.